The first-order chi connectivity index (χ1) is 5.22. The van der Waals surface area contributed by atoms with Gasteiger partial charge >= 0.3 is 5.97 Å². The predicted octanol–water partition coefficient (Wildman–Crippen LogP) is 0.0315. The smallest absolute Gasteiger partial charge is 0.319 e. The molecule has 0 rings (SSSR count). The lowest BCUT2D eigenvalue weighted by atomic mass is 10.7. The van der Waals surface area contributed by atoms with Crippen LogP contribution in [0.4, 0.5) is 0 Å². The monoisotopic (exact) mass is 163 g/mol. The molecule has 11 heavy (non-hydrogen) atoms. The zero-order valence-corrected chi connectivity index (χ0v) is 7.64. The molecule has 0 aromatic heterocycles. The van der Waals surface area contributed by atoms with Gasteiger partial charge in [0.15, 0.2) is 0 Å². The van der Waals surface area contributed by atoms with Gasteiger partial charge in [-0.05, 0) is 14.0 Å². The molecule has 0 aliphatic heterocycles. The molecule has 0 saturated heterocycles. The number of nitrogens with one attached hydrogen (secondary N) is 1. The SMILES string of the molecule is CCOC.CNCC(=O)OC. The fraction of sp³-hybridized carbons (Fsp3) is 0.857. The summed E-state index contributed by atoms with van der Waals surface area (Å²) in [5, 5.41) is 2.64. The lowest BCUT2D eigenvalue weighted by molar-refractivity contribution is -0.139. The van der Waals surface area contributed by atoms with Gasteiger partial charge in [0.2, 0.25) is 0 Å². The van der Waals surface area contributed by atoms with Crippen LogP contribution < -0.4 is 5.32 Å². The molecule has 0 bridgehead atoms. The summed E-state index contributed by atoms with van der Waals surface area (Å²) in [5.41, 5.74) is 0. The number of carbonyl (C=O) groups is 1. The highest BCUT2D eigenvalue weighted by Gasteiger charge is 1.91. The van der Waals surface area contributed by atoms with Crippen molar-refractivity contribution in [1.82, 2.24) is 5.32 Å². The van der Waals surface area contributed by atoms with Crippen molar-refractivity contribution in [2.45, 2.75) is 6.92 Å². The molecule has 0 spiro atoms. The minimum absolute atomic E-state index is 0.234. The van der Waals surface area contributed by atoms with Gasteiger partial charge < -0.3 is 14.8 Å². The number of likely N-dealkylation sites (N-methyl/N-ethyl adjacent to an activating group) is 1. The topological polar surface area (TPSA) is 47.6 Å². The van der Waals surface area contributed by atoms with Gasteiger partial charge in [0, 0.05) is 13.7 Å². The Morgan fingerprint density at radius 1 is 1.45 bits per heavy atom. The molecule has 0 aromatic carbocycles. The van der Waals surface area contributed by atoms with Crippen LogP contribution in [0.2, 0.25) is 0 Å². The van der Waals surface area contributed by atoms with E-state index in [4.69, 9.17) is 0 Å². The average molecular weight is 163 g/mol. The first kappa shape index (κ1) is 13.0. The van der Waals surface area contributed by atoms with Gasteiger partial charge in [-0.3, -0.25) is 4.79 Å². The molecule has 0 fully saturated rings. The van der Waals surface area contributed by atoms with Crippen molar-refractivity contribution < 1.29 is 14.3 Å². The summed E-state index contributed by atoms with van der Waals surface area (Å²) >= 11 is 0. The molecule has 4 nitrogen and oxygen atoms in total. The van der Waals surface area contributed by atoms with E-state index < -0.39 is 0 Å². The molecule has 0 heterocycles. The first-order valence-corrected chi connectivity index (χ1v) is 3.43. The van der Waals surface area contributed by atoms with Crippen LogP contribution in [-0.4, -0.2) is 40.4 Å². The molecule has 1 N–H and O–H groups in total. The van der Waals surface area contributed by atoms with Crippen LogP contribution in [0, 0.1) is 0 Å². The molecule has 0 aliphatic carbocycles. The molecule has 0 aromatic rings. The van der Waals surface area contributed by atoms with E-state index in [1.54, 1.807) is 14.2 Å². The fourth-order valence-corrected chi connectivity index (χ4v) is 0.217. The highest BCUT2D eigenvalue weighted by molar-refractivity contribution is 5.71. The Bertz CT molecular complexity index is 83.8. The van der Waals surface area contributed by atoms with E-state index in [1.165, 1.54) is 7.11 Å². The number of hydrogen-bond donors (Lipinski definition) is 1. The summed E-state index contributed by atoms with van der Waals surface area (Å²) in [7, 11) is 4.73. The second-order valence-electron chi connectivity index (χ2n) is 1.68. The Balaban J connectivity index is 0. The minimum atomic E-state index is -0.234. The van der Waals surface area contributed by atoms with Crippen molar-refractivity contribution in [3.05, 3.63) is 0 Å². The van der Waals surface area contributed by atoms with Gasteiger partial charge in [0.25, 0.3) is 0 Å². The normalized spacial score (nSPS) is 8.00. The predicted molar refractivity (Wildman–Crippen MR) is 43.5 cm³/mol. The van der Waals surface area contributed by atoms with Crippen molar-refractivity contribution in [3.8, 4) is 0 Å². The van der Waals surface area contributed by atoms with E-state index in [-0.39, 0.29) is 12.5 Å². The number of methoxy groups -OCH3 is 2. The van der Waals surface area contributed by atoms with E-state index in [1.807, 2.05) is 6.92 Å². The summed E-state index contributed by atoms with van der Waals surface area (Å²) in [6.45, 7) is 3.07. The maximum atomic E-state index is 10.1. The minimum Gasteiger partial charge on any atom is -0.468 e. The van der Waals surface area contributed by atoms with E-state index in [0.29, 0.717) is 0 Å². The number of esters is 1. The summed E-state index contributed by atoms with van der Waals surface area (Å²) in [6.07, 6.45) is 0. The molecule has 0 radical (unpaired) electrons. The molecule has 0 atom stereocenters. The summed E-state index contributed by atoms with van der Waals surface area (Å²) in [4.78, 5) is 10.1. The fourth-order valence-electron chi connectivity index (χ4n) is 0.217. The molecule has 4 heteroatoms. The van der Waals surface area contributed by atoms with Crippen molar-refractivity contribution in [2.75, 3.05) is 34.4 Å². The van der Waals surface area contributed by atoms with Crippen molar-refractivity contribution in [1.29, 1.82) is 0 Å². The van der Waals surface area contributed by atoms with Gasteiger partial charge in [0.05, 0.1) is 13.7 Å². The summed E-state index contributed by atoms with van der Waals surface area (Å²) in [6, 6.07) is 0. The Morgan fingerprint density at radius 2 is 1.91 bits per heavy atom. The summed E-state index contributed by atoms with van der Waals surface area (Å²) in [5.74, 6) is -0.234. The Kier molecular flexibility index (Phi) is 14.3. The number of rotatable bonds is 3. The van der Waals surface area contributed by atoms with E-state index in [2.05, 4.69) is 14.8 Å². The Hall–Kier alpha value is -0.610. The van der Waals surface area contributed by atoms with E-state index in [0.717, 1.165) is 6.61 Å². The zero-order valence-electron chi connectivity index (χ0n) is 7.64. The molecular weight excluding hydrogens is 146 g/mol. The molecule has 0 amide bonds. The molecule has 0 saturated carbocycles. The van der Waals surface area contributed by atoms with Crippen LogP contribution in [0.5, 0.6) is 0 Å². The van der Waals surface area contributed by atoms with Crippen molar-refractivity contribution >= 4 is 5.97 Å². The highest BCUT2D eigenvalue weighted by atomic mass is 16.5. The van der Waals surface area contributed by atoms with Crippen LogP contribution in [0.3, 0.4) is 0 Å². The van der Waals surface area contributed by atoms with Gasteiger partial charge in [-0.1, -0.05) is 0 Å². The second kappa shape index (κ2) is 12.1. The molecular formula is C7H17NO3. The number of hydrogen-bond acceptors (Lipinski definition) is 4. The molecule has 0 unspecified atom stereocenters. The highest BCUT2D eigenvalue weighted by Crippen LogP contribution is 1.64. The maximum Gasteiger partial charge on any atom is 0.319 e. The lowest BCUT2D eigenvalue weighted by Crippen LogP contribution is -2.19. The van der Waals surface area contributed by atoms with Crippen molar-refractivity contribution in [3.63, 3.8) is 0 Å². The van der Waals surface area contributed by atoms with Crippen LogP contribution in [0.25, 0.3) is 0 Å². The van der Waals surface area contributed by atoms with Crippen LogP contribution in [0.15, 0.2) is 0 Å². The third-order valence-electron chi connectivity index (χ3n) is 0.837. The molecule has 68 valence electrons. The van der Waals surface area contributed by atoms with Crippen molar-refractivity contribution in [2.24, 2.45) is 0 Å². The largest absolute Gasteiger partial charge is 0.468 e. The van der Waals surface area contributed by atoms with E-state index >= 15 is 0 Å². The quantitative estimate of drug-likeness (QED) is 0.596. The van der Waals surface area contributed by atoms with Crippen LogP contribution >= 0.6 is 0 Å². The maximum absolute atomic E-state index is 10.1. The van der Waals surface area contributed by atoms with Gasteiger partial charge in [-0.25, -0.2) is 0 Å². The Morgan fingerprint density at radius 3 is 2.00 bits per heavy atom. The van der Waals surface area contributed by atoms with Gasteiger partial charge in [0.1, 0.15) is 0 Å². The number of carbonyl (C=O) groups excluding carboxylic acids is 1. The number of ether oxygens (including phenoxy) is 2. The third kappa shape index (κ3) is 17.7. The van der Waals surface area contributed by atoms with Gasteiger partial charge in [-0.2, -0.15) is 0 Å². The lowest BCUT2D eigenvalue weighted by Gasteiger charge is -1.93. The van der Waals surface area contributed by atoms with Gasteiger partial charge in [-0.15, -0.1) is 0 Å². The zero-order chi connectivity index (χ0) is 9.11. The van der Waals surface area contributed by atoms with E-state index in [9.17, 15) is 4.79 Å². The average Bonchev–Trinajstić information content (AvgIpc) is 2.05. The standard InChI is InChI=1S/C4H9NO2.C3H8O/c1-5-3-4(6)7-2;1-3-4-2/h5H,3H2,1-2H3;3H2,1-2H3. The van der Waals surface area contributed by atoms with Crippen LogP contribution in [0.1, 0.15) is 6.92 Å². The Labute approximate surface area is 67.9 Å². The third-order valence-corrected chi connectivity index (χ3v) is 0.837. The second-order valence-corrected chi connectivity index (χ2v) is 1.68. The summed E-state index contributed by atoms with van der Waals surface area (Å²) < 4.78 is 8.83. The van der Waals surface area contributed by atoms with Crippen LogP contribution in [-0.2, 0) is 14.3 Å². The first-order valence-electron chi connectivity index (χ1n) is 3.43. The molecule has 0 aliphatic rings.